The summed E-state index contributed by atoms with van der Waals surface area (Å²) in [6.45, 7) is 0.333. The SMILES string of the molecule is COc1cccc(N(C)c2ccc(CN)cc2F)c1. The highest BCUT2D eigenvalue weighted by atomic mass is 19.1. The first-order valence-electron chi connectivity index (χ1n) is 6.02. The minimum atomic E-state index is -0.284. The van der Waals surface area contributed by atoms with Gasteiger partial charge in [-0.3, -0.25) is 0 Å². The largest absolute Gasteiger partial charge is 0.497 e. The molecule has 3 nitrogen and oxygen atoms in total. The van der Waals surface area contributed by atoms with E-state index in [0.717, 1.165) is 17.0 Å². The monoisotopic (exact) mass is 260 g/mol. The number of nitrogens with two attached hydrogens (primary N) is 1. The van der Waals surface area contributed by atoms with Crippen molar-refractivity contribution in [1.29, 1.82) is 0 Å². The highest BCUT2D eigenvalue weighted by Crippen LogP contribution is 2.29. The van der Waals surface area contributed by atoms with E-state index in [-0.39, 0.29) is 5.82 Å². The second-order valence-corrected chi connectivity index (χ2v) is 4.25. The number of hydrogen-bond acceptors (Lipinski definition) is 3. The molecule has 2 N–H and O–H groups in total. The highest BCUT2D eigenvalue weighted by molar-refractivity contribution is 5.64. The first kappa shape index (κ1) is 13.4. The molecule has 0 aromatic heterocycles. The zero-order valence-corrected chi connectivity index (χ0v) is 11.1. The Kier molecular flexibility index (Phi) is 4.02. The van der Waals surface area contributed by atoms with Crippen molar-refractivity contribution in [2.75, 3.05) is 19.1 Å². The predicted molar refractivity (Wildman–Crippen MR) is 75.3 cm³/mol. The molecule has 0 aliphatic heterocycles. The molecule has 4 heteroatoms. The van der Waals surface area contributed by atoms with Gasteiger partial charge in [0.1, 0.15) is 11.6 Å². The van der Waals surface area contributed by atoms with Crippen LogP contribution in [0.15, 0.2) is 42.5 Å². The Labute approximate surface area is 112 Å². The van der Waals surface area contributed by atoms with Crippen LogP contribution in [-0.4, -0.2) is 14.2 Å². The Morgan fingerprint density at radius 1 is 1.21 bits per heavy atom. The summed E-state index contributed by atoms with van der Waals surface area (Å²) < 4.78 is 19.2. The lowest BCUT2D eigenvalue weighted by Crippen LogP contribution is -2.12. The summed E-state index contributed by atoms with van der Waals surface area (Å²) in [5.41, 5.74) is 7.64. The lowest BCUT2D eigenvalue weighted by Gasteiger charge is -2.21. The third-order valence-electron chi connectivity index (χ3n) is 3.05. The maximum atomic E-state index is 14.0. The fraction of sp³-hybridized carbons (Fsp3) is 0.200. The molecule has 19 heavy (non-hydrogen) atoms. The molecule has 0 bridgehead atoms. The molecule has 0 atom stereocenters. The minimum absolute atomic E-state index is 0.284. The van der Waals surface area contributed by atoms with E-state index in [1.54, 1.807) is 18.1 Å². The van der Waals surface area contributed by atoms with E-state index in [1.807, 2.05) is 37.4 Å². The minimum Gasteiger partial charge on any atom is -0.497 e. The molecular weight excluding hydrogens is 243 g/mol. The summed E-state index contributed by atoms with van der Waals surface area (Å²) in [5.74, 6) is 0.455. The van der Waals surface area contributed by atoms with Gasteiger partial charge in [0, 0.05) is 25.3 Å². The first-order chi connectivity index (χ1) is 9.15. The first-order valence-corrected chi connectivity index (χ1v) is 6.02. The quantitative estimate of drug-likeness (QED) is 0.918. The van der Waals surface area contributed by atoms with Gasteiger partial charge in [-0.05, 0) is 29.8 Å². The molecule has 0 aliphatic carbocycles. The third kappa shape index (κ3) is 2.85. The van der Waals surface area contributed by atoms with Crippen molar-refractivity contribution >= 4 is 11.4 Å². The van der Waals surface area contributed by atoms with Crippen LogP contribution in [0.2, 0.25) is 0 Å². The normalized spacial score (nSPS) is 10.3. The summed E-state index contributed by atoms with van der Waals surface area (Å²) in [7, 11) is 3.42. The van der Waals surface area contributed by atoms with Crippen molar-refractivity contribution in [3.05, 3.63) is 53.8 Å². The smallest absolute Gasteiger partial charge is 0.147 e. The van der Waals surface area contributed by atoms with Crippen molar-refractivity contribution in [2.24, 2.45) is 5.73 Å². The van der Waals surface area contributed by atoms with Crippen LogP contribution in [0.3, 0.4) is 0 Å². The van der Waals surface area contributed by atoms with E-state index in [4.69, 9.17) is 10.5 Å². The van der Waals surface area contributed by atoms with Gasteiger partial charge in [-0.15, -0.1) is 0 Å². The highest BCUT2D eigenvalue weighted by Gasteiger charge is 2.10. The van der Waals surface area contributed by atoms with Crippen LogP contribution in [-0.2, 0) is 6.54 Å². The third-order valence-corrected chi connectivity index (χ3v) is 3.05. The van der Waals surface area contributed by atoms with Crippen molar-refractivity contribution < 1.29 is 9.13 Å². The standard InChI is InChI=1S/C15H17FN2O/c1-18(12-4-3-5-13(9-12)19-2)15-7-6-11(10-17)8-14(15)16/h3-9H,10,17H2,1-2H3. The summed E-state index contributed by atoms with van der Waals surface area (Å²) in [6, 6.07) is 12.5. The van der Waals surface area contributed by atoms with Crippen LogP contribution in [0.1, 0.15) is 5.56 Å². The molecule has 0 fully saturated rings. The van der Waals surface area contributed by atoms with Crippen molar-refractivity contribution in [2.45, 2.75) is 6.54 Å². The van der Waals surface area contributed by atoms with Crippen molar-refractivity contribution in [3.63, 3.8) is 0 Å². The lowest BCUT2D eigenvalue weighted by atomic mass is 10.1. The zero-order valence-electron chi connectivity index (χ0n) is 11.1. The second kappa shape index (κ2) is 5.71. The molecule has 0 amide bonds. The van der Waals surface area contributed by atoms with Gasteiger partial charge in [-0.25, -0.2) is 4.39 Å². The van der Waals surface area contributed by atoms with E-state index >= 15 is 0 Å². The van der Waals surface area contributed by atoms with Crippen LogP contribution < -0.4 is 15.4 Å². The van der Waals surface area contributed by atoms with Crippen LogP contribution in [0.4, 0.5) is 15.8 Å². The number of methoxy groups -OCH3 is 1. The van der Waals surface area contributed by atoms with Gasteiger partial charge in [-0.2, -0.15) is 0 Å². The average molecular weight is 260 g/mol. The van der Waals surface area contributed by atoms with Crippen LogP contribution in [0.25, 0.3) is 0 Å². The number of hydrogen-bond donors (Lipinski definition) is 1. The maximum Gasteiger partial charge on any atom is 0.147 e. The van der Waals surface area contributed by atoms with Crippen molar-refractivity contribution in [1.82, 2.24) is 0 Å². The lowest BCUT2D eigenvalue weighted by molar-refractivity contribution is 0.415. The van der Waals surface area contributed by atoms with Gasteiger partial charge in [-0.1, -0.05) is 12.1 Å². The Morgan fingerprint density at radius 3 is 2.63 bits per heavy atom. The fourth-order valence-corrected chi connectivity index (χ4v) is 1.91. The Balaban J connectivity index is 2.35. The van der Waals surface area contributed by atoms with Gasteiger partial charge in [0.2, 0.25) is 0 Å². The van der Waals surface area contributed by atoms with E-state index in [0.29, 0.717) is 12.2 Å². The molecule has 0 aliphatic rings. The number of nitrogens with zero attached hydrogens (tertiary/aromatic N) is 1. The topological polar surface area (TPSA) is 38.5 Å². The Morgan fingerprint density at radius 2 is 2.00 bits per heavy atom. The number of ether oxygens (including phenoxy) is 1. The molecule has 2 aromatic rings. The molecule has 0 radical (unpaired) electrons. The van der Waals surface area contributed by atoms with Crippen LogP contribution >= 0.6 is 0 Å². The molecule has 0 saturated carbocycles. The molecule has 2 rings (SSSR count). The van der Waals surface area contributed by atoms with E-state index in [2.05, 4.69) is 0 Å². The summed E-state index contributed by atoms with van der Waals surface area (Å²) in [5, 5.41) is 0. The maximum absolute atomic E-state index is 14.0. The summed E-state index contributed by atoms with van der Waals surface area (Å²) >= 11 is 0. The number of benzene rings is 2. The van der Waals surface area contributed by atoms with E-state index in [1.165, 1.54) is 6.07 Å². The number of rotatable bonds is 4. The molecule has 0 unspecified atom stereocenters. The fourth-order valence-electron chi connectivity index (χ4n) is 1.91. The average Bonchev–Trinajstić information content (AvgIpc) is 2.46. The second-order valence-electron chi connectivity index (χ2n) is 4.25. The molecule has 0 saturated heterocycles. The van der Waals surface area contributed by atoms with Gasteiger partial charge in [0.05, 0.1) is 12.8 Å². The molecular formula is C15H17FN2O. The van der Waals surface area contributed by atoms with Crippen molar-refractivity contribution in [3.8, 4) is 5.75 Å². The van der Waals surface area contributed by atoms with Gasteiger partial charge in [0.15, 0.2) is 0 Å². The molecule has 0 heterocycles. The molecule has 2 aromatic carbocycles. The Bertz CT molecular complexity index is 572. The van der Waals surface area contributed by atoms with Gasteiger partial charge >= 0.3 is 0 Å². The molecule has 100 valence electrons. The Hall–Kier alpha value is -2.07. The van der Waals surface area contributed by atoms with Crippen LogP contribution in [0, 0.1) is 5.82 Å². The molecule has 0 spiro atoms. The number of anilines is 2. The predicted octanol–water partition coefficient (Wildman–Crippen LogP) is 3.06. The number of halogens is 1. The summed E-state index contributed by atoms with van der Waals surface area (Å²) in [4.78, 5) is 1.78. The van der Waals surface area contributed by atoms with Crippen LogP contribution in [0.5, 0.6) is 5.75 Å². The zero-order chi connectivity index (χ0) is 13.8. The summed E-state index contributed by atoms with van der Waals surface area (Å²) in [6.07, 6.45) is 0. The van der Waals surface area contributed by atoms with E-state index < -0.39 is 0 Å². The van der Waals surface area contributed by atoms with E-state index in [9.17, 15) is 4.39 Å². The van der Waals surface area contributed by atoms with Gasteiger partial charge in [0.25, 0.3) is 0 Å². The van der Waals surface area contributed by atoms with Gasteiger partial charge < -0.3 is 15.4 Å².